The molecule has 39 heavy (non-hydrogen) atoms. The lowest BCUT2D eigenvalue weighted by atomic mass is 9.93. The summed E-state index contributed by atoms with van der Waals surface area (Å²) in [6, 6.07) is 7.43. The fraction of sp³-hybridized carbons (Fsp3) is 0.0714. The van der Waals surface area contributed by atoms with Crippen LogP contribution in [-0.2, 0) is 0 Å². The molecule has 0 aliphatic carbocycles. The Morgan fingerprint density at radius 3 is 2.05 bits per heavy atom. The average molecular weight is 530 g/mol. The first kappa shape index (κ1) is 23.8. The molecule has 2 aromatic heterocycles. The Hall–Kier alpha value is -5.58. The van der Waals surface area contributed by atoms with Crippen molar-refractivity contribution in [1.29, 1.82) is 0 Å². The Labute approximate surface area is 216 Å². The molecule has 0 unspecified atom stereocenters. The smallest absolute Gasteiger partial charge is 0.348 e. The SMILES string of the molecule is COc1cc(O)c2c(=O)oc3c(-c4c(O)cc5c(c4O)c(=O)oc4cc(O)cc(C)c45)c(O)c(O)cc3c2c1. The van der Waals surface area contributed by atoms with E-state index in [2.05, 4.69) is 0 Å². The number of hydrogen-bond donors (Lipinski definition) is 6. The molecular weight excluding hydrogens is 512 g/mol. The monoisotopic (exact) mass is 530 g/mol. The summed E-state index contributed by atoms with van der Waals surface area (Å²) in [5.41, 5.74) is -2.96. The minimum Gasteiger partial charge on any atom is -0.508 e. The van der Waals surface area contributed by atoms with Crippen molar-refractivity contribution in [3.8, 4) is 51.4 Å². The predicted molar refractivity (Wildman–Crippen MR) is 140 cm³/mol. The predicted octanol–water partition coefficient (Wildman–Crippen LogP) is 4.42. The third-order valence-electron chi connectivity index (χ3n) is 6.74. The number of ether oxygens (including phenoxy) is 1. The van der Waals surface area contributed by atoms with Gasteiger partial charge in [-0.05, 0) is 36.8 Å². The average Bonchev–Trinajstić information content (AvgIpc) is 2.85. The fourth-order valence-corrected chi connectivity index (χ4v) is 5.09. The van der Waals surface area contributed by atoms with Crippen molar-refractivity contribution in [3.05, 3.63) is 62.8 Å². The van der Waals surface area contributed by atoms with Crippen molar-refractivity contribution < 1.29 is 44.2 Å². The molecular formula is C28H18O11. The van der Waals surface area contributed by atoms with E-state index in [9.17, 15) is 40.2 Å². The number of phenols is 6. The van der Waals surface area contributed by atoms with Gasteiger partial charge in [0, 0.05) is 33.7 Å². The molecule has 6 aromatic rings. The molecule has 0 saturated carbocycles. The maximum atomic E-state index is 13.0. The Kier molecular flexibility index (Phi) is 4.86. The van der Waals surface area contributed by atoms with E-state index >= 15 is 0 Å². The first-order valence-corrected chi connectivity index (χ1v) is 11.4. The first-order valence-electron chi connectivity index (χ1n) is 11.4. The molecule has 0 amide bonds. The lowest BCUT2D eigenvalue weighted by Crippen LogP contribution is -2.03. The number of methoxy groups -OCH3 is 1. The highest BCUT2D eigenvalue weighted by Crippen LogP contribution is 2.52. The molecule has 6 rings (SSSR count). The van der Waals surface area contributed by atoms with Crippen LogP contribution in [0.25, 0.3) is 54.6 Å². The summed E-state index contributed by atoms with van der Waals surface area (Å²) in [6.07, 6.45) is 0. The van der Waals surface area contributed by atoms with Crippen LogP contribution in [0.3, 0.4) is 0 Å². The largest absolute Gasteiger partial charge is 0.508 e. The summed E-state index contributed by atoms with van der Waals surface area (Å²) in [6.45, 7) is 1.63. The van der Waals surface area contributed by atoms with Gasteiger partial charge in [-0.25, -0.2) is 9.59 Å². The standard InChI is InChI=1S/C28H18O11/c1-9-3-10(29)4-18-19(9)14-8-16(31)22(25(34)21(14)28(36)38-18)23-24(33)17(32)7-13-12-5-11(37-2)6-15(30)20(12)27(35)39-26(13)23/h3-8,29-34H,1-2H3. The molecule has 0 fully saturated rings. The molecule has 0 spiro atoms. The van der Waals surface area contributed by atoms with E-state index in [-0.39, 0.29) is 49.6 Å². The van der Waals surface area contributed by atoms with Crippen LogP contribution >= 0.6 is 0 Å². The third-order valence-corrected chi connectivity index (χ3v) is 6.74. The maximum absolute atomic E-state index is 13.0. The quantitative estimate of drug-likeness (QED) is 0.105. The lowest BCUT2D eigenvalue weighted by Gasteiger charge is -2.16. The number of rotatable bonds is 2. The molecule has 11 heteroatoms. The second-order valence-electron chi connectivity index (χ2n) is 9.02. The van der Waals surface area contributed by atoms with Gasteiger partial charge >= 0.3 is 11.3 Å². The maximum Gasteiger partial charge on any atom is 0.348 e. The summed E-state index contributed by atoms with van der Waals surface area (Å²) in [7, 11) is 1.34. The van der Waals surface area contributed by atoms with Crippen molar-refractivity contribution >= 4 is 43.5 Å². The number of phenolic OH excluding ortho intramolecular Hbond substituents is 6. The summed E-state index contributed by atoms with van der Waals surface area (Å²) >= 11 is 0. The van der Waals surface area contributed by atoms with Gasteiger partial charge in [0.15, 0.2) is 17.1 Å². The van der Waals surface area contributed by atoms with Crippen molar-refractivity contribution in [2.75, 3.05) is 7.11 Å². The van der Waals surface area contributed by atoms with Crippen LogP contribution in [0.2, 0.25) is 0 Å². The van der Waals surface area contributed by atoms with E-state index in [1.165, 1.54) is 31.4 Å². The van der Waals surface area contributed by atoms with Crippen LogP contribution in [0.15, 0.2) is 54.8 Å². The van der Waals surface area contributed by atoms with E-state index < -0.39 is 51.1 Å². The molecule has 0 radical (unpaired) electrons. The Balaban J connectivity index is 1.82. The normalized spacial score (nSPS) is 11.6. The number of benzene rings is 4. The van der Waals surface area contributed by atoms with Crippen LogP contribution in [0.1, 0.15) is 5.56 Å². The zero-order valence-electron chi connectivity index (χ0n) is 20.2. The fourth-order valence-electron chi connectivity index (χ4n) is 5.09. The highest BCUT2D eigenvalue weighted by molar-refractivity contribution is 6.16. The molecule has 196 valence electrons. The molecule has 6 N–H and O–H groups in total. The van der Waals surface area contributed by atoms with E-state index in [0.29, 0.717) is 10.9 Å². The van der Waals surface area contributed by atoms with Gasteiger partial charge in [0.05, 0.1) is 18.2 Å². The number of hydrogen-bond acceptors (Lipinski definition) is 11. The molecule has 0 saturated heterocycles. The van der Waals surface area contributed by atoms with Crippen LogP contribution in [0.4, 0.5) is 0 Å². The van der Waals surface area contributed by atoms with Gasteiger partial charge in [0.2, 0.25) is 0 Å². The summed E-state index contributed by atoms with van der Waals surface area (Å²) in [5, 5.41) is 64.1. The van der Waals surface area contributed by atoms with E-state index in [1.807, 2.05) is 0 Å². The minimum absolute atomic E-state index is 0.00780. The van der Waals surface area contributed by atoms with Crippen molar-refractivity contribution in [2.45, 2.75) is 6.92 Å². The number of aromatic hydroxyl groups is 6. The third kappa shape index (κ3) is 3.23. The Bertz CT molecular complexity index is 2170. The number of fused-ring (bicyclic) bond motifs is 6. The topological polar surface area (TPSA) is 191 Å². The lowest BCUT2D eigenvalue weighted by molar-refractivity contribution is 0.403. The van der Waals surface area contributed by atoms with E-state index in [1.54, 1.807) is 6.92 Å². The highest BCUT2D eigenvalue weighted by atomic mass is 16.5. The zero-order chi connectivity index (χ0) is 27.9. The second kappa shape index (κ2) is 7.96. The minimum atomic E-state index is -1.02. The van der Waals surface area contributed by atoms with Crippen molar-refractivity contribution in [2.24, 2.45) is 0 Å². The molecule has 0 bridgehead atoms. The van der Waals surface area contributed by atoms with Gasteiger partial charge in [0.25, 0.3) is 0 Å². The highest BCUT2D eigenvalue weighted by Gasteiger charge is 2.28. The first-order chi connectivity index (χ1) is 18.5. The molecule has 0 aliphatic heterocycles. The van der Waals surface area contributed by atoms with Gasteiger partial charge in [-0.15, -0.1) is 0 Å². The molecule has 4 aromatic carbocycles. The van der Waals surface area contributed by atoms with Gasteiger partial charge in [-0.3, -0.25) is 0 Å². The zero-order valence-corrected chi connectivity index (χ0v) is 20.2. The molecule has 2 heterocycles. The van der Waals surface area contributed by atoms with Crippen LogP contribution in [0.5, 0.6) is 40.2 Å². The van der Waals surface area contributed by atoms with Crippen molar-refractivity contribution in [3.63, 3.8) is 0 Å². The van der Waals surface area contributed by atoms with Gasteiger partial charge in [-0.2, -0.15) is 0 Å². The Morgan fingerprint density at radius 1 is 0.641 bits per heavy atom. The van der Waals surface area contributed by atoms with Gasteiger partial charge in [0.1, 0.15) is 45.1 Å². The Morgan fingerprint density at radius 2 is 1.33 bits per heavy atom. The van der Waals surface area contributed by atoms with Crippen LogP contribution in [0, 0.1) is 6.92 Å². The van der Waals surface area contributed by atoms with Gasteiger partial charge < -0.3 is 44.2 Å². The van der Waals surface area contributed by atoms with Crippen LogP contribution in [-0.4, -0.2) is 37.7 Å². The number of aryl methyl sites for hydroxylation is 1. The van der Waals surface area contributed by atoms with Crippen LogP contribution < -0.4 is 16.0 Å². The van der Waals surface area contributed by atoms with E-state index in [0.717, 1.165) is 12.1 Å². The summed E-state index contributed by atoms with van der Waals surface area (Å²) in [4.78, 5) is 25.9. The summed E-state index contributed by atoms with van der Waals surface area (Å²) < 4.78 is 15.9. The molecule has 0 atom stereocenters. The van der Waals surface area contributed by atoms with E-state index in [4.69, 9.17) is 13.6 Å². The molecule has 11 nitrogen and oxygen atoms in total. The summed E-state index contributed by atoms with van der Waals surface area (Å²) in [5.74, 6) is -3.50. The molecule has 0 aliphatic rings. The van der Waals surface area contributed by atoms with Crippen molar-refractivity contribution in [1.82, 2.24) is 0 Å². The second-order valence-corrected chi connectivity index (χ2v) is 9.02. The van der Waals surface area contributed by atoms with Gasteiger partial charge in [-0.1, -0.05) is 0 Å².